The van der Waals surface area contributed by atoms with E-state index in [9.17, 15) is 4.79 Å². The number of nitrogens with one attached hydrogen (secondary N) is 1. The quantitative estimate of drug-likeness (QED) is 0.783. The van der Waals surface area contributed by atoms with Crippen LogP contribution in [-0.2, 0) is 4.79 Å². The summed E-state index contributed by atoms with van der Waals surface area (Å²) in [6.45, 7) is 4.45. The fraction of sp³-hybridized carbons (Fsp3) is 0.350. The highest BCUT2D eigenvalue weighted by molar-refractivity contribution is 6.30. The summed E-state index contributed by atoms with van der Waals surface area (Å²) in [4.78, 5) is 14.8. The maximum absolute atomic E-state index is 12.4. The minimum Gasteiger partial charge on any atom is -0.468 e. The molecule has 1 atom stereocenters. The summed E-state index contributed by atoms with van der Waals surface area (Å²) < 4.78 is 5.59. The van der Waals surface area contributed by atoms with Crippen LogP contribution >= 0.6 is 11.6 Å². The highest BCUT2D eigenvalue weighted by atomic mass is 35.5. The molecule has 4 nitrogen and oxygen atoms in total. The Morgan fingerprint density at radius 2 is 2.00 bits per heavy atom. The molecule has 5 heteroatoms. The maximum Gasteiger partial charge on any atom is 0.247 e. The van der Waals surface area contributed by atoms with Gasteiger partial charge >= 0.3 is 0 Å². The number of nitrogens with zero attached hydrogens (tertiary/aromatic N) is 1. The first-order valence-electron chi connectivity index (χ1n) is 8.63. The van der Waals surface area contributed by atoms with Crippen LogP contribution in [0.15, 0.2) is 52.7 Å². The number of halogens is 1. The Kier molecular flexibility index (Phi) is 5.95. The summed E-state index contributed by atoms with van der Waals surface area (Å²) >= 11 is 5.89. The third kappa shape index (κ3) is 4.74. The van der Waals surface area contributed by atoms with E-state index < -0.39 is 0 Å². The number of benzene rings is 1. The van der Waals surface area contributed by atoms with Crippen LogP contribution in [0.25, 0.3) is 6.08 Å². The molecule has 2 heterocycles. The first-order valence-corrected chi connectivity index (χ1v) is 9.01. The van der Waals surface area contributed by atoms with Gasteiger partial charge in [-0.05, 0) is 68.8 Å². The van der Waals surface area contributed by atoms with Gasteiger partial charge in [-0.2, -0.15) is 0 Å². The second kappa shape index (κ2) is 8.37. The van der Waals surface area contributed by atoms with E-state index in [4.69, 9.17) is 16.0 Å². The minimum atomic E-state index is -0.0642. The fourth-order valence-corrected chi connectivity index (χ4v) is 3.27. The molecule has 0 aliphatic carbocycles. The molecule has 25 heavy (non-hydrogen) atoms. The number of rotatable bonds is 6. The van der Waals surface area contributed by atoms with Gasteiger partial charge in [-0.15, -0.1) is 0 Å². The van der Waals surface area contributed by atoms with Crippen molar-refractivity contribution in [3.63, 3.8) is 0 Å². The summed E-state index contributed by atoms with van der Waals surface area (Å²) in [6, 6.07) is 11.4. The number of carbonyl (C=O) groups is 1. The lowest BCUT2D eigenvalue weighted by Crippen LogP contribution is -2.36. The molecule has 0 saturated carbocycles. The van der Waals surface area contributed by atoms with Crippen molar-refractivity contribution in [1.82, 2.24) is 10.2 Å². The summed E-state index contributed by atoms with van der Waals surface area (Å²) in [6.07, 6.45) is 5.94. The van der Waals surface area contributed by atoms with Crippen molar-refractivity contribution in [3.8, 4) is 0 Å². The smallest absolute Gasteiger partial charge is 0.247 e. The third-order valence-electron chi connectivity index (χ3n) is 4.52. The normalized spacial score (nSPS) is 16.8. The van der Waals surface area contributed by atoms with E-state index in [2.05, 4.69) is 10.2 Å². The molecule has 1 N–H and O–H groups in total. The number of likely N-dealkylation sites (tertiary alicyclic amines) is 1. The summed E-state index contributed by atoms with van der Waals surface area (Å²) in [5, 5.41) is 3.73. The number of hydrogen-bond donors (Lipinski definition) is 1. The van der Waals surface area contributed by atoms with E-state index in [1.54, 1.807) is 6.26 Å². The fourth-order valence-electron chi connectivity index (χ4n) is 3.15. The zero-order chi connectivity index (χ0) is 17.6. The third-order valence-corrected chi connectivity index (χ3v) is 4.77. The Hall–Kier alpha value is -2.04. The van der Waals surface area contributed by atoms with Crippen LogP contribution in [0, 0.1) is 0 Å². The Balaban J connectivity index is 1.63. The molecule has 1 saturated heterocycles. The van der Waals surface area contributed by atoms with Crippen molar-refractivity contribution >= 4 is 23.6 Å². The number of furan rings is 1. The van der Waals surface area contributed by atoms with Crippen LogP contribution in [0.2, 0.25) is 5.02 Å². The lowest BCUT2D eigenvalue weighted by atomic mass is 10.1. The van der Waals surface area contributed by atoms with E-state index in [1.165, 1.54) is 12.8 Å². The second-order valence-electron chi connectivity index (χ2n) is 6.36. The Bertz CT molecular complexity index is 717. The molecular weight excluding hydrogens is 336 g/mol. The van der Waals surface area contributed by atoms with E-state index in [0.29, 0.717) is 17.1 Å². The van der Waals surface area contributed by atoms with Crippen molar-refractivity contribution in [1.29, 1.82) is 0 Å². The number of hydrogen-bond acceptors (Lipinski definition) is 3. The molecule has 1 aliphatic rings. The van der Waals surface area contributed by atoms with Crippen molar-refractivity contribution in [2.24, 2.45) is 0 Å². The van der Waals surface area contributed by atoms with Gasteiger partial charge in [0.25, 0.3) is 0 Å². The second-order valence-corrected chi connectivity index (χ2v) is 6.80. The van der Waals surface area contributed by atoms with E-state index in [1.807, 2.05) is 49.4 Å². The molecule has 1 aromatic carbocycles. The highest BCUT2D eigenvalue weighted by Gasteiger charge is 2.25. The van der Waals surface area contributed by atoms with Gasteiger partial charge in [0.05, 0.1) is 12.3 Å². The van der Waals surface area contributed by atoms with E-state index >= 15 is 0 Å². The van der Waals surface area contributed by atoms with Crippen LogP contribution in [0.1, 0.15) is 37.1 Å². The van der Waals surface area contributed by atoms with Crippen LogP contribution in [0.5, 0.6) is 0 Å². The van der Waals surface area contributed by atoms with Crippen molar-refractivity contribution in [3.05, 3.63) is 64.6 Å². The average molecular weight is 359 g/mol. The topological polar surface area (TPSA) is 45.5 Å². The van der Waals surface area contributed by atoms with Crippen LogP contribution < -0.4 is 5.32 Å². The van der Waals surface area contributed by atoms with E-state index in [-0.39, 0.29) is 11.9 Å². The highest BCUT2D eigenvalue weighted by Crippen LogP contribution is 2.25. The largest absolute Gasteiger partial charge is 0.468 e. The van der Waals surface area contributed by atoms with Gasteiger partial charge in [0.1, 0.15) is 5.76 Å². The molecule has 1 aromatic heterocycles. The molecule has 132 valence electrons. The van der Waals surface area contributed by atoms with E-state index in [0.717, 1.165) is 24.4 Å². The Morgan fingerprint density at radius 1 is 1.28 bits per heavy atom. The van der Waals surface area contributed by atoms with Gasteiger partial charge in [-0.1, -0.05) is 23.7 Å². The maximum atomic E-state index is 12.4. The lowest BCUT2D eigenvalue weighted by molar-refractivity contribution is -0.117. The predicted molar refractivity (Wildman–Crippen MR) is 100 cm³/mol. The Labute approximate surface area is 153 Å². The molecule has 0 spiro atoms. The standard InChI is InChI=1S/C20H23ClN2O2/c1-15(13-16-6-8-17(21)9-7-16)20(24)22-14-18(19-5-4-12-25-19)23-10-2-3-11-23/h4-9,12-13,18H,2-3,10-11,14H2,1H3,(H,22,24)/b15-13+. The van der Waals surface area contributed by atoms with Gasteiger partial charge in [0, 0.05) is 17.1 Å². The molecule has 0 bridgehead atoms. The molecule has 2 aromatic rings. The summed E-state index contributed by atoms with van der Waals surface area (Å²) in [7, 11) is 0. The average Bonchev–Trinajstić information content (AvgIpc) is 3.31. The summed E-state index contributed by atoms with van der Waals surface area (Å²) in [5.41, 5.74) is 1.63. The van der Waals surface area contributed by atoms with Crippen LogP contribution in [0.3, 0.4) is 0 Å². The van der Waals surface area contributed by atoms with Gasteiger partial charge < -0.3 is 9.73 Å². The van der Waals surface area contributed by atoms with Crippen molar-refractivity contribution in [2.45, 2.75) is 25.8 Å². The SMILES string of the molecule is C/C(=C\c1ccc(Cl)cc1)C(=O)NCC(c1ccco1)N1CCCC1. The van der Waals surface area contributed by atoms with Gasteiger partial charge in [-0.25, -0.2) is 0 Å². The number of carbonyl (C=O) groups excluding carboxylic acids is 1. The zero-order valence-electron chi connectivity index (χ0n) is 14.4. The number of amides is 1. The molecule has 0 radical (unpaired) electrons. The molecular formula is C20H23ClN2O2. The first kappa shape index (κ1) is 17.8. The minimum absolute atomic E-state index is 0.0642. The molecule has 1 unspecified atom stereocenters. The van der Waals surface area contributed by atoms with Gasteiger partial charge in [0.2, 0.25) is 5.91 Å². The zero-order valence-corrected chi connectivity index (χ0v) is 15.1. The van der Waals surface area contributed by atoms with Gasteiger partial charge in [-0.3, -0.25) is 9.69 Å². The van der Waals surface area contributed by atoms with Crippen molar-refractivity contribution in [2.75, 3.05) is 19.6 Å². The van der Waals surface area contributed by atoms with Crippen LogP contribution in [-0.4, -0.2) is 30.4 Å². The summed E-state index contributed by atoms with van der Waals surface area (Å²) in [5.74, 6) is 0.840. The Morgan fingerprint density at radius 3 is 2.64 bits per heavy atom. The lowest BCUT2D eigenvalue weighted by Gasteiger charge is -2.26. The predicted octanol–water partition coefficient (Wildman–Crippen LogP) is 4.29. The molecule has 1 aliphatic heterocycles. The molecule has 3 rings (SSSR count). The molecule has 1 amide bonds. The first-order chi connectivity index (χ1) is 12.1. The molecule has 1 fully saturated rings. The van der Waals surface area contributed by atoms with Crippen LogP contribution in [0.4, 0.5) is 0 Å². The monoisotopic (exact) mass is 358 g/mol. The van der Waals surface area contributed by atoms with Gasteiger partial charge in [0.15, 0.2) is 0 Å². The van der Waals surface area contributed by atoms with Crippen molar-refractivity contribution < 1.29 is 9.21 Å².